The first-order valence-corrected chi connectivity index (χ1v) is 7.13. The van der Waals surface area contributed by atoms with Crippen molar-refractivity contribution in [2.75, 3.05) is 0 Å². The van der Waals surface area contributed by atoms with Crippen LogP contribution in [0.1, 0.15) is 36.1 Å². The van der Waals surface area contributed by atoms with Gasteiger partial charge in [0.25, 0.3) is 0 Å². The zero-order valence-corrected chi connectivity index (χ0v) is 12.3. The topological polar surface area (TPSA) is 20.2 Å². The van der Waals surface area contributed by atoms with Crippen LogP contribution in [0.2, 0.25) is 0 Å². The van der Waals surface area contributed by atoms with Gasteiger partial charge in [0.05, 0.1) is 0 Å². The van der Waals surface area contributed by atoms with E-state index < -0.39 is 11.9 Å². The molecule has 0 heterocycles. The lowest BCUT2D eigenvalue weighted by Gasteiger charge is -2.13. The largest absolute Gasteiger partial charge is 0.384 e. The van der Waals surface area contributed by atoms with Crippen molar-refractivity contribution in [3.8, 4) is 0 Å². The molecule has 1 nitrogen and oxygen atoms in total. The van der Waals surface area contributed by atoms with Crippen LogP contribution < -0.4 is 0 Å². The van der Waals surface area contributed by atoms with Crippen LogP contribution in [-0.2, 0) is 6.42 Å². The van der Waals surface area contributed by atoms with Gasteiger partial charge in [-0.3, -0.25) is 0 Å². The average Bonchev–Trinajstić information content (AvgIpc) is 2.39. The highest BCUT2D eigenvalue weighted by Crippen LogP contribution is 2.26. The molecule has 0 aliphatic heterocycles. The smallest absolute Gasteiger partial charge is 0.130 e. The Bertz CT molecular complexity index is 551. The number of halogens is 2. The van der Waals surface area contributed by atoms with Crippen LogP contribution in [0.25, 0.3) is 0 Å². The number of aryl methyl sites for hydroxylation is 1. The van der Waals surface area contributed by atoms with E-state index >= 15 is 0 Å². The summed E-state index contributed by atoms with van der Waals surface area (Å²) in [5.41, 5.74) is 2.24. The predicted molar refractivity (Wildman–Crippen MR) is 78.6 cm³/mol. The zero-order chi connectivity index (χ0) is 13.8. The predicted octanol–water partition coefficient (Wildman–Crippen LogP) is 4.62. The Morgan fingerprint density at radius 2 is 1.84 bits per heavy atom. The Morgan fingerprint density at radius 3 is 2.42 bits per heavy atom. The van der Waals surface area contributed by atoms with Gasteiger partial charge in [0.1, 0.15) is 11.9 Å². The lowest BCUT2D eigenvalue weighted by molar-refractivity contribution is 0.215. The third-order valence-electron chi connectivity index (χ3n) is 3.09. The number of aliphatic hydroxyl groups excluding tert-OH is 1. The molecule has 0 aliphatic carbocycles. The molecule has 0 fully saturated rings. The van der Waals surface area contributed by atoms with Gasteiger partial charge in [0.2, 0.25) is 0 Å². The third kappa shape index (κ3) is 3.43. The highest BCUT2D eigenvalue weighted by molar-refractivity contribution is 9.10. The van der Waals surface area contributed by atoms with Gasteiger partial charge in [0, 0.05) is 10.0 Å². The molecule has 0 aliphatic rings. The van der Waals surface area contributed by atoms with Gasteiger partial charge in [-0.1, -0.05) is 59.6 Å². The second-order valence-electron chi connectivity index (χ2n) is 4.56. The van der Waals surface area contributed by atoms with Crippen LogP contribution in [0.5, 0.6) is 0 Å². The minimum atomic E-state index is -0.927. The molecule has 2 aromatic rings. The number of hydrogen-bond donors (Lipinski definition) is 1. The third-order valence-corrected chi connectivity index (χ3v) is 3.58. The monoisotopic (exact) mass is 322 g/mol. The van der Waals surface area contributed by atoms with Crippen LogP contribution in [0.3, 0.4) is 0 Å². The van der Waals surface area contributed by atoms with Gasteiger partial charge in [-0.2, -0.15) is 0 Å². The molecule has 19 heavy (non-hydrogen) atoms. The van der Waals surface area contributed by atoms with E-state index in [1.54, 1.807) is 12.1 Å². The lowest BCUT2D eigenvalue weighted by atomic mass is 9.99. The number of hydrogen-bond acceptors (Lipinski definition) is 1. The fourth-order valence-electron chi connectivity index (χ4n) is 2.06. The van der Waals surface area contributed by atoms with Crippen molar-refractivity contribution in [1.82, 2.24) is 0 Å². The molecule has 0 bridgehead atoms. The maximum atomic E-state index is 13.8. The standard InChI is InChI=1S/C16H16BrFO/c1-2-3-11-4-6-12(7-5-11)16(19)14-9-8-13(17)10-15(14)18/h4-10,16,19H,2-3H2,1H3. The number of rotatable bonds is 4. The van der Waals surface area contributed by atoms with Crippen LogP contribution in [0.4, 0.5) is 4.39 Å². The van der Waals surface area contributed by atoms with E-state index in [-0.39, 0.29) is 0 Å². The molecular formula is C16H16BrFO. The zero-order valence-electron chi connectivity index (χ0n) is 10.7. The number of benzene rings is 2. The summed E-state index contributed by atoms with van der Waals surface area (Å²) in [6.45, 7) is 2.12. The maximum Gasteiger partial charge on any atom is 0.130 e. The molecule has 0 amide bonds. The molecule has 2 aromatic carbocycles. The summed E-state index contributed by atoms with van der Waals surface area (Å²) < 4.78 is 14.5. The Balaban J connectivity index is 2.25. The van der Waals surface area contributed by atoms with Gasteiger partial charge in [-0.15, -0.1) is 0 Å². The second kappa shape index (κ2) is 6.31. The highest BCUT2D eigenvalue weighted by atomic mass is 79.9. The molecule has 3 heteroatoms. The van der Waals surface area contributed by atoms with Crippen LogP contribution >= 0.6 is 15.9 Å². The minimum absolute atomic E-state index is 0.298. The summed E-state index contributed by atoms with van der Waals surface area (Å²) in [5.74, 6) is -0.403. The van der Waals surface area contributed by atoms with E-state index in [9.17, 15) is 9.50 Å². The molecule has 100 valence electrons. The molecule has 0 aromatic heterocycles. The summed E-state index contributed by atoms with van der Waals surface area (Å²) in [6, 6.07) is 12.4. The lowest BCUT2D eigenvalue weighted by Crippen LogP contribution is -2.02. The SMILES string of the molecule is CCCc1ccc(C(O)c2ccc(Br)cc2F)cc1. The summed E-state index contributed by atoms with van der Waals surface area (Å²) in [4.78, 5) is 0. The molecule has 0 radical (unpaired) electrons. The normalized spacial score (nSPS) is 12.4. The van der Waals surface area contributed by atoms with E-state index in [4.69, 9.17) is 0 Å². The van der Waals surface area contributed by atoms with Crippen LogP contribution in [-0.4, -0.2) is 5.11 Å². The Kier molecular flexibility index (Phi) is 4.72. The summed E-state index contributed by atoms with van der Waals surface area (Å²) in [6.07, 6.45) is 1.18. The van der Waals surface area contributed by atoms with Crippen molar-refractivity contribution in [2.45, 2.75) is 25.9 Å². The Labute approximate surface area is 121 Å². The summed E-state index contributed by atoms with van der Waals surface area (Å²) >= 11 is 3.21. The van der Waals surface area contributed by atoms with Crippen LogP contribution in [0, 0.1) is 5.82 Å². The first-order valence-electron chi connectivity index (χ1n) is 6.33. The molecule has 2 rings (SSSR count). The van der Waals surface area contributed by atoms with Crippen molar-refractivity contribution in [2.24, 2.45) is 0 Å². The maximum absolute atomic E-state index is 13.8. The van der Waals surface area contributed by atoms with Gasteiger partial charge < -0.3 is 5.11 Å². The second-order valence-corrected chi connectivity index (χ2v) is 5.48. The van der Waals surface area contributed by atoms with Crippen molar-refractivity contribution >= 4 is 15.9 Å². The molecule has 1 unspecified atom stereocenters. The molecule has 0 saturated carbocycles. The molecule has 0 spiro atoms. The van der Waals surface area contributed by atoms with E-state index in [1.165, 1.54) is 11.6 Å². The van der Waals surface area contributed by atoms with Crippen molar-refractivity contribution < 1.29 is 9.50 Å². The highest BCUT2D eigenvalue weighted by Gasteiger charge is 2.15. The molecule has 1 atom stereocenters. The van der Waals surface area contributed by atoms with Gasteiger partial charge >= 0.3 is 0 Å². The fourth-order valence-corrected chi connectivity index (χ4v) is 2.39. The van der Waals surface area contributed by atoms with E-state index in [0.29, 0.717) is 15.6 Å². The van der Waals surface area contributed by atoms with Crippen LogP contribution in [0.15, 0.2) is 46.9 Å². The minimum Gasteiger partial charge on any atom is -0.384 e. The average molecular weight is 323 g/mol. The Hall–Kier alpha value is -1.19. The number of aliphatic hydroxyl groups is 1. The van der Waals surface area contributed by atoms with Crippen molar-refractivity contribution in [1.29, 1.82) is 0 Å². The van der Waals surface area contributed by atoms with Gasteiger partial charge in [0.15, 0.2) is 0 Å². The summed E-state index contributed by atoms with van der Waals surface area (Å²) in [5, 5.41) is 10.2. The van der Waals surface area contributed by atoms with Crippen molar-refractivity contribution in [3.05, 3.63) is 69.4 Å². The molecular weight excluding hydrogens is 307 g/mol. The first-order chi connectivity index (χ1) is 9.11. The van der Waals surface area contributed by atoms with Gasteiger partial charge in [-0.25, -0.2) is 4.39 Å². The Morgan fingerprint density at radius 1 is 1.16 bits per heavy atom. The van der Waals surface area contributed by atoms with Crippen molar-refractivity contribution in [3.63, 3.8) is 0 Å². The van der Waals surface area contributed by atoms with E-state index in [2.05, 4.69) is 22.9 Å². The van der Waals surface area contributed by atoms with Gasteiger partial charge in [-0.05, 0) is 29.7 Å². The molecule has 1 N–H and O–H groups in total. The molecule has 0 saturated heterocycles. The van der Waals surface area contributed by atoms with E-state index in [1.807, 2.05) is 24.3 Å². The first kappa shape index (κ1) is 14.2. The fraction of sp³-hybridized carbons (Fsp3) is 0.250. The summed E-state index contributed by atoms with van der Waals surface area (Å²) in [7, 11) is 0. The quantitative estimate of drug-likeness (QED) is 0.870. The van der Waals surface area contributed by atoms with E-state index in [0.717, 1.165) is 12.8 Å².